The second-order valence-electron chi connectivity index (χ2n) is 4.24. The normalized spacial score (nSPS) is 12.1. The molecule has 86 valence electrons. The van der Waals surface area contributed by atoms with Gasteiger partial charge in [0.1, 0.15) is 16.7 Å². The highest BCUT2D eigenvalue weighted by Gasteiger charge is 2.20. The Kier molecular flexibility index (Phi) is 1.91. The number of fused-ring (bicyclic) bond motifs is 2. The molecule has 1 aliphatic rings. The van der Waals surface area contributed by atoms with E-state index in [9.17, 15) is 0 Å². The molecule has 0 amide bonds. The van der Waals surface area contributed by atoms with Crippen molar-refractivity contribution in [3.8, 4) is 22.6 Å². The van der Waals surface area contributed by atoms with Gasteiger partial charge < -0.3 is 4.74 Å². The van der Waals surface area contributed by atoms with Gasteiger partial charge >= 0.3 is 0 Å². The summed E-state index contributed by atoms with van der Waals surface area (Å²) < 4.78 is 5.91. The minimum absolute atomic E-state index is 0.506. The molecule has 0 aliphatic carbocycles. The summed E-state index contributed by atoms with van der Waals surface area (Å²) in [7, 11) is 0. The molecule has 3 heteroatoms. The molecular weight excluding hydrogens is 246 g/mol. The van der Waals surface area contributed by atoms with Crippen LogP contribution in [0.2, 0.25) is 5.15 Å². The van der Waals surface area contributed by atoms with E-state index in [2.05, 4.69) is 4.98 Å². The maximum absolute atomic E-state index is 6.09. The summed E-state index contributed by atoms with van der Waals surface area (Å²) >= 11 is 6.09. The van der Waals surface area contributed by atoms with Crippen LogP contribution in [-0.2, 0) is 0 Å². The second kappa shape index (κ2) is 3.47. The molecule has 3 aromatic rings. The highest BCUT2D eigenvalue weighted by atomic mass is 35.5. The molecule has 0 radical (unpaired) electrons. The summed E-state index contributed by atoms with van der Waals surface area (Å²) in [6.07, 6.45) is 0. The van der Waals surface area contributed by atoms with Gasteiger partial charge in [0.25, 0.3) is 0 Å². The first-order chi connectivity index (χ1) is 8.83. The zero-order valence-corrected chi connectivity index (χ0v) is 10.1. The molecule has 1 aliphatic heterocycles. The number of benzene rings is 2. The lowest BCUT2D eigenvalue weighted by molar-refractivity contribution is 0.487. The monoisotopic (exact) mass is 253 g/mol. The molecule has 2 heterocycles. The van der Waals surface area contributed by atoms with Crippen LogP contribution in [0.4, 0.5) is 0 Å². The Morgan fingerprint density at radius 1 is 0.889 bits per heavy atom. The number of aromatic nitrogens is 1. The summed E-state index contributed by atoms with van der Waals surface area (Å²) in [4.78, 5) is 4.34. The zero-order chi connectivity index (χ0) is 12.1. The van der Waals surface area contributed by atoms with E-state index in [1.165, 1.54) is 0 Å². The van der Waals surface area contributed by atoms with Crippen LogP contribution in [0.5, 0.6) is 11.5 Å². The van der Waals surface area contributed by atoms with E-state index in [1.807, 2.05) is 48.5 Å². The standard InChI is InChI=1S/C15H8ClNO/c16-14-8-10-9-4-1-2-6-12(9)18-13-7-3-5-11(17-14)15(10)13/h1-8H. The summed E-state index contributed by atoms with van der Waals surface area (Å²) in [5.41, 5.74) is 3.01. The SMILES string of the molecule is Clc1cc2c3c(cccc3n1)Oc1ccccc1-2. The number of nitrogens with zero attached hydrogens (tertiary/aromatic N) is 1. The summed E-state index contributed by atoms with van der Waals surface area (Å²) in [5, 5.41) is 1.53. The van der Waals surface area contributed by atoms with Crippen molar-refractivity contribution in [1.29, 1.82) is 0 Å². The summed E-state index contributed by atoms with van der Waals surface area (Å²) in [6, 6.07) is 15.7. The molecule has 0 spiro atoms. The molecule has 0 N–H and O–H groups in total. The Morgan fingerprint density at radius 3 is 2.67 bits per heavy atom. The number of hydrogen-bond donors (Lipinski definition) is 0. The number of rotatable bonds is 0. The van der Waals surface area contributed by atoms with Crippen molar-refractivity contribution in [2.45, 2.75) is 0 Å². The molecule has 4 rings (SSSR count). The third-order valence-corrected chi connectivity index (χ3v) is 3.36. The molecular formula is C15H8ClNO. The lowest BCUT2D eigenvalue weighted by Gasteiger charge is -2.20. The van der Waals surface area contributed by atoms with Crippen LogP contribution in [0.15, 0.2) is 48.5 Å². The Balaban J connectivity index is 2.22. The van der Waals surface area contributed by atoms with Gasteiger partial charge in [-0.05, 0) is 24.3 Å². The maximum atomic E-state index is 6.09. The molecule has 0 fully saturated rings. The maximum Gasteiger partial charge on any atom is 0.137 e. The van der Waals surface area contributed by atoms with Crippen molar-refractivity contribution in [3.63, 3.8) is 0 Å². The van der Waals surface area contributed by atoms with Crippen LogP contribution in [0, 0.1) is 0 Å². The first-order valence-electron chi connectivity index (χ1n) is 5.69. The van der Waals surface area contributed by atoms with Crippen molar-refractivity contribution < 1.29 is 4.74 Å². The van der Waals surface area contributed by atoms with Crippen LogP contribution < -0.4 is 4.74 Å². The molecule has 18 heavy (non-hydrogen) atoms. The van der Waals surface area contributed by atoms with E-state index in [-0.39, 0.29) is 0 Å². The van der Waals surface area contributed by atoms with E-state index >= 15 is 0 Å². The van der Waals surface area contributed by atoms with Gasteiger partial charge in [-0.2, -0.15) is 0 Å². The Morgan fingerprint density at radius 2 is 1.72 bits per heavy atom. The lowest BCUT2D eigenvalue weighted by Crippen LogP contribution is -1.97. The molecule has 0 bridgehead atoms. The minimum Gasteiger partial charge on any atom is -0.456 e. The molecule has 0 atom stereocenters. The van der Waals surface area contributed by atoms with Crippen LogP contribution in [0.3, 0.4) is 0 Å². The average Bonchev–Trinajstić information content (AvgIpc) is 2.38. The van der Waals surface area contributed by atoms with Gasteiger partial charge in [0.15, 0.2) is 0 Å². The van der Waals surface area contributed by atoms with Crippen LogP contribution in [0.25, 0.3) is 22.0 Å². The highest BCUT2D eigenvalue weighted by Crippen LogP contribution is 2.46. The van der Waals surface area contributed by atoms with Gasteiger partial charge in [0, 0.05) is 11.1 Å². The van der Waals surface area contributed by atoms with Crippen molar-refractivity contribution in [1.82, 2.24) is 4.98 Å². The minimum atomic E-state index is 0.506. The molecule has 0 unspecified atom stereocenters. The number of hydrogen-bond acceptors (Lipinski definition) is 2. The smallest absolute Gasteiger partial charge is 0.137 e. The molecule has 2 aromatic carbocycles. The van der Waals surface area contributed by atoms with Gasteiger partial charge in [-0.1, -0.05) is 35.9 Å². The number of pyridine rings is 1. The topological polar surface area (TPSA) is 22.1 Å². The molecule has 0 saturated carbocycles. The number of ether oxygens (including phenoxy) is 1. The summed E-state index contributed by atoms with van der Waals surface area (Å²) in [6.45, 7) is 0. The van der Waals surface area contributed by atoms with Crippen LogP contribution >= 0.6 is 11.6 Å². The van der Waals surface area contributed by atoms with E-state index in [0.717, 1.165) is 33.5 Å². The number of para-hydroxylation sites is 1. The molecule has 1 aromatic heterocycles. The predicted octanol–water partition coefficient (Wildman–Crippen LogP) is 4.66. The largest absolute Gasteiger partial charge is 0.456 e. The predicted molar refractivity (Wildman–Crippen MR) is 72.3 cm³/mol. The highest BCUT2D eigenvalue weighted by molar-refractivity contribution is 6.30. The van der Waals surface area contributed by atoms with E-state index < -0.39 is 0 Å². The van der Waals surface area contributed by atoms with E-state index in [0.29, 0.717) is 5.15 Å². The van der Waals surface area contributed by atoms with Crippen molar-refractivity contribution in [3.05, 3.63) is 53.7 Å². The van der Waals surface area contributed by atoms with Gasteiger partial charge in [-0.15, -0.1) is 0 Å². The number of halogens is 1. The van der Waals surface area contributed by atoms with Crippen molar-refractivity contribution >= 4 is 22.5 Å². The van der Waals surface area contributed by atoms with Gasteiger partial charge in [-0.25, -0.2) is 4.98 Å². The first-order valence-corrected chi connectivity index (χ1v) is 6.07. The first kappa shape index (κ1) is 9.92. The van der Waals surface area contributed by atoms with Gasteiger partial charge in [-0.3, -0.25) is 0 Å². The average molecular weight is 254 g/mol. The second-order valence-corrected chi connectivity index (χ2v) is 4.63. The van der Waals surface area contributed by atoms with Crippen LogP contribution in [-0.4, -0.2) is 4.98 Å². The summed E-state index contributed by atoms with van der Waals surface area (Å²) in [5.74, 6) is 1.70. The van der Waals surface area contributed by atoms with Gasteiger partial charge in [0.2, 0.25) is 0 Å². The molecule has 2 nitrogen and oxygen atoms in total. The van der Waals surface area contributed by atoms with Crippen molar-refractivity contribution in [2.24, 2.45) is 0 Å². The third-order valence-electron chi connectivity index (χ3n) is 3.16. The fourth-order valence-corrected chi connectivity index (χ4v) is 2.62. The van der Waals surface area contributed by atoms with Crippen LogP contribution in [0.1, 0.15) is 0 Å². The van der Waals surface area contributed by atoms with Crippen molar-refractivity contribution in [2.75, 3.05) is 0 Å². The molecule has 0 saturated heterocycles. The zero-order valence-electron chi connectivity index (χ0n) is 9.35. The Hall–Kier alpha value is -2.06. The van der Waals surface area contributed by atoms with E-state index in [4.69, 9.17) is 16.3 Å². The van der Waals surface area contributed by atoms with E-state index in [1.54, 1.807) is 0 Å². The quantitative estimate of drug-likeness (QED) is 0.425. The Bertz CT molecular complexity index is 783. The fourth-order valence-electron chi connectivity index (χ4n) is 2.42. The van der Waals surface area contributed by atoms with Gasteiger partial charge in [0.05, 0.1) is 10.9 Å². The third kappa shape index (κ3) is 1.27. The Labute approximate surface area is 109 Å². The fraction of sp³-hybridized carbons (Fsp3) is 0. The lowest BCUT2D eigenvalue weighted by atomic mass is 9.98.